The van der Waals surface area contributed by atoms with Gasteiger partial charge in [0.25, 0.3) is 0 Å². The highest BCUT2D eigenvalue weighted by atomic mass is 16.6. The average Bonchev–Trinajstić information content (AvgIpc) is 3.39. The molecule has 4 saturated carbocycles. The minimum atomic E-state index is -0.127. The van der Waals surface area contributed by atoms with Crippen molar-refractivity contribution in [3.8, 4) is 0 Å². The van der Waals surface area contributed by atoms with Crippen LogP contribution in [0.4, 0.5) is 0 Å². The summed E-state index contributed by atoms with van der Waals surface area (Å²) in [7, 11) is 0. The van der Waals surface area contributed by atoms with E-state index in [0.717, 1.165) is 30.6 Å². The van der Waals surface area contributed by atoms with Crippen molar-refractivity contribution in [2.75, 3.05) is 0 Å². The molecule has 0 aromatic rings. The smallest absolute Gasteiger partial charge is 0.302 e. The highest BCUT2D eigenvalue weighted by molar-refractivity contribution is 5.66. The lowest BCUT2D eigenvalue weighted by Gasteiger charge is -2.64. The van der Waals surface area contributed by atoms with Gasteiger partial charge in [0.1, 0.15) is 17.3 Å². The van der Waals surface area contributed by atoms with E-state index in [9.17, 15) is 4.79 Å². The van der Waals surface area contributed by atoms with Crippen molar-refractivity contribution < 1.29 is 14.3 Å². The van der Waals surface area contributed by atoms with E-state index in [1.807, 2.05) is 0 Å². The van der Waals surface area contributed by atoms with E-state index in [2.05, 4.69) is 55.4 Å². The van der Waals surface area contributed by atoms with Crippen LogP contribution in [0.5, 0.6) is 0 Å². The number of rotatable bonds is 6. The second-order valence-corrected chi connectivity index (χ2v) is 15.4. The molecule has 0 N–H and O–H groups in total. The fraction of sp³-hybridized carbons (Fsp3) is 0.969. The molecule has 0 spiro atoms. The van der Waals surface area contributed by atoms with Gasteiger partial charge in [0.05, 0.1) is 0 Å². The number of fused-ring (bicyclic) bond motifs is 2. The van der Waals surface area contributed by atoms with Gasteiger partial charge in [-0.25, -0.2) is 0 Å². The summed E-state index contributed by atoms with van der Waals surface area (Å²) in [5.74, 6) is 2.88. The van der Waals surface area contributed by atoms with E-state index < -0.39 is 0 Å². The molecule has 0 bridgehead atoms. The Morgan fingerprint density at radius 1 is 0.857 bits per heavy atom. The minimum absolute atomic E-state index is 0.00365. The van der Waals surface area contributed by atoms with Crippen molar-refractivity contribution in [1.29, 1.82) is 0 Å². The molecule has 5 fully saturated rings. The first-order valence-corrected chi connectivity index (χ1v) is 15.1. The SMILES string of the molecule is CC(=O)O[C@H]1CC[C@@]2(C)[C@H](CC[C@]34O[C@]32CC[C@]2(C)[C@@H]([C@H](C)CCCC(C)C)CC[C@@]42C)C1(C)C. The third-order valence-electron chi connectivity index (χ3n) is 13.4. The van der Waals surface area contributed by atoms with Crippen molar-refractivity contribution in [2.24, 2.45) is 45.3 Å². The van der Waals surface area contributed by atoms with Crippen molar-refractivity contribution >= 4 is 5.97 Å². The van der Waals surface area contributed by atoms with E-state index in [1.54, 1.807) is 6.92 Å². The molecule has 1 aliphatic heterocycles. The van der Waals surface area contributed by atoms with E-state index in [1.165, 1.54) is 57.8 Å². The van der Waals surface area contributed by atoms with Gasteiger partial charge in [-0.2, -0.15) is 0 Å². The van der Waals surface area contributed by atoms with E-state index in [0.29, 0.717) is 11.3 Å². The lowest BCUT2D eigenvalue weighted by molar-refractivity contribution is -0.184. The molecule has 3 heteroatoms. The van der Waals surface area contributed by atoms with E-state index >= 15 is 0 Å². The first kappa shape index (κ1) is 26.1. The Balaban J connectivity index is 1.42. The average molecular weight is 487 g/mol. The molecule has 1 heterocycles. The van der Waals surface area contributed by atoms with Crippen molar-refractivity contribution in [3.05, 3.63) is 0 Å². The predicted molar refractivity (Wildman–Crippen MR) is 142 cm³/mol. The highest BCUT2D eigenvalue weighted by Gasteiger charge is 2.90. The van der Waals surface area contributed by atoms with Crippen LogP contribution in [0.25, 0.3) is 0 Å². The number of hydrogen-bond donors (Lipinski definition) is 0. The zero-order chi connectivity index (χ0) is 25.7. The third-order valence-corrected chi connectivity index (χ3v) is 13.4. The summed E-state index contributed by atoms with van der Waals surface area (Å²) in [6, 6.07) is 0. The first-order chi connectivity index (χ1) is 16.2. The predicted octanol–water partition coefficient (Wildman–Crippen LogP) is 8.34. The Kier molecular flexibility index (Phi) is 5.93. The van der Waals surface area contributed by atoms with Gasteiger partial charge in [-0.1, -0.05) is 74.7 Å². The molecule has 0 amide bonds. The largest absolute Gasteiger partial charge is 0.462 e. The van der Waals surface area contributed by atoms with E-state index in [4.69, 9.17) is 9.47 Å². The number of esters is 1. The van der Waals surface area contributed by atoms with Crippen LogP contribution >= 0.6 is 0 Å². The topological polar surface area (TPSA) is 38.8 Å². The van der Waals surface area contributed by atoms with Crippen LogP contribution in [0.3, 0.4) is 0 Å². The maximum atomic E-state index is 11.9. The number of carbonyl (C=O) groups excluding carboxylic acids is 1. The quantitative estimate of drug-likeness (QED) is 0.280. The summed E-state index contributed by atoms with van der Waals surface area (Å²) in [5, 5.41) is 0. The van der Waals surface area contributed by atoms with Gasteiger partial charge in [-0.15, -0.1) is 0 Å². The summed E-state index contributed by atoms with van der Waals surface area (Å²) >= 11 is 0. The number of carbonyl (C=O) groups is 1. The highest BCUT2D eigenvalue weighted by Crippen LogP contribution is 2.86. The molecule has 0 radical (unpaired) electrons. The van der Waals surface area contributed by atoms with Gasteiger partial charge < -0.3 is 9.47 Å². The molecule has 1 saturated heterocycles. The number of hydrogen-bond acceptors (Lipinski definition) is 3. The number of ether oxygens (including phenoxy) is 2. The zero-order valence-electron chi connectivity index (χ0n) is 24.4. The fourth-order valence-electron chi connectivity index (χ4n) is 11.4. The third kappa shape index (κ3) is 3.15. The molecule has 0 aromatic heterocycles. The Morgan fingerprint density at radius 3 is 2.23 bits per heavy atom. The second kappa shape index (κ2) is 7.97. The maximum Gasteiger partial charge on any atom is 0.302 e. The van der Waals surface area contributed by atoms with Crippen LogP contribution in [0.1, 0.15) is 133 Å². The molecule has 9 atom stereocenters. The van der Waals surface area contributed by atoms with Crippen LogP contribution in [0.15, 0.2) is 0 Å². The van der Waals surface area contributed by atoms with Crippen LogP contribution < -0.4 is 0 Å². The van der Waals surface area contributed by atoms with Gasteiger partial charge in [-0.3, -0.25) is 4.79 Å². The molecule has 4 aliphatic carbocycles. The van der Waals surface area contributed by atoms with Gasteiger partial charge in [0.15, 0.2) is 0 Å². The monoisotopic (exact) mass is 486 g/mol. The van der Waals surface area contributed by atoms with E-state index in [-0.39, 0.29) is 39.5 Å². The zero-order valence-corrected chi connectivity index (χ0v) is 24.4. The standard InChI is InChI=1S/C32H54O3/c1-21(2)11-10-12-22(3)24-13-17-30(9)28(24,7)19-20-31-29(8)16-15-26(34-23(4)33)27(5,6)25(29)14-18-32(30,31)35-31/h21-22,24-26H,10-20H2,1-9H3/t22-,24-,25-,26+,28-,29+,30-,31+,32-/m1/s1. The lowest BCUT2D eigenvalue weighted by atomic mass is 9.38. The molecule has 0 unspecified atom stereocenters. The summed E-state index contributed by atoms with van der Waals surface area (Å²) < 4.78 is 13.2. The molecular formula is C32H54O3. The number of epoxide rings is 1. The molecule has 3 nitrogen and oxygen atoms in total. The van der Waals surface area contributed by atoms with Crippen molar-refractivity contribution in [1.82, 2.24) is 0 Å². The summed E-state index contributed by atoms with van der Waals surface area (Å²) in [6.45, 7) is 21.5. The Hall–Kier alpha value is -0.570. The van der Waals surface area contributed by atoms with Crippen molar-refractivity contribution in [3.63, 3.8) is 0 Å². The second-order valence-electron chi connectivity index (χ2n) is 15.4. The maximum absolute atomic E-state index is 11.9. The Bertz CT molecular complexity index is 863. The van der Waals surface area contributed by atoms with Gasteiger partial charge >= 0.3 is 5.97 Å². The summed E-state index contributed by atoms with van der Waals surface area (Å²) in [5.41, 5.74) is 0.936. The normalized spacial score (nSPS) is 50.5. The molecule has 35 heavy (non-hydrogen) atoms. The van der Waals surface area contributed by atoms with Crippen LogP contribution in [0.2, 0.25) is 0 Å². The fourth-order valence-corrected chi connectivity index (χ4v) is 11.4. The minimum Gasteiger partial charge on any atom is -0.462 e. The first-order valence-electron chi connectivity index (χ1n) is 15.1. The lowest BCUT2D eigenvalue weighted by Crippen LogP contribution is -2.66. The molecule has 0 aromatic carbocycles. The van der Waals surface area contributed by atoms with Gasteiger partial charge in [0, 0.05) is 23.2 Å². The summed E-state index contributed by atoms with van der Waals surface area (Å²) in [4.78, 5) is 11.9. The Labute approximate surface area is 215 Å². The van der Waals surface area contributed by atoms with Crippen LogP contribution in [-0.4, -0.2) is 23.3 Å². The Morgan fingerprint density at radius 2 is 1.57 bits per heavy atom. The van der Waals surface area contributed by atoms with Crippen LogP contribution in [-0.2, 0) is 14.3 Å². The molecular weight excluding hydrogens is 432 g/mol. The van der Waals surface area contributed by atoms with Crippen molar-refractivity contribution in [2.45, 2.75) is 150 Å². The van der Waals surface area contributed by atoms with Crippen LogP contribution in [0, 0.1) is 45.3 Å². The molecule has 5 aliphatic rings. The van der Waals surface area contributed by atoms with Gasteiger partial charge in [-0.05, 0) is 80.5 Å². The molecule has 5 rings (SSSR count). The van der Waals surface area contributed by atoms with Gasteiger partial charge in [0.2, 0.25) is 0 Å². The molecule has 200 valence electrons. The summed E-state index contributed by atoms with van der Waals surface area (Å²) in [6.07, 6.45) is 14.0.